The molecule has 8 nitrogen and oxygen atoms in total. The summed E-state index contributed by atoms with van der Waals surface area (Å²) >= 11 is 0. The minimum atomic E-state index is -1.33. The van der Waals surface area contributed by atoms with Crippen LogP contribution in [0.4, 0.5) is 20.4 Å². The predicted octanol–water partition coefficient (Wildman–Crippen LogP) is 1.31. The maximum absolute atomic E-state index is 13.6. The number of amides is 1. The van der Waals surface area contributed by atoms with Gasteiger partial charge in [0.1, 0.15) is 5.82 Å². The normalized spacial score (nSPS) is 10.1. The lowest BCUT2D eigenvalue weighted by molar-refractivity contribution is -0.387. The van der Waals surface area contributed by atoms with Crippen LogP contribution in [0.5, 0.6) is 0 Å². The molecular formula is C10H5F2N5O3. The van der Waals surface area contributed by atoms with Gasteiger partial charge in [-0.1, -0.05) is 0 Å². The fraction of sp³-hybridized carbons (Fsp3) is 0. The zero-order valence-electron chi connectivity index (χ0n) is 9.58. The number of carbonyl (C=O) groups excluding carboxylic acids is 1. The molecule has 1 aromatic heterocycles. The number of nitro benzene ring substituents is 1. The summed E-state index contributed by atoms with van der Waals surface area (Å²) in [5.41, 5.74) is -1.77. The molecule has 102 valence electrons. The van der Waals surface area contributed by atoms with Gasteiger partial charge in [0.2, 0.25) is 11.8 Å². The molecule has 0 radical (unpaired) electrons. The van der Waals surface area contributed by atoms with Crippen LogP contribution in [0.3, 0.4) is 0 Å². The molecule has 0 saturated carbocycles. The molecule has 2 aromatic rings. The van der Waals surface area contributed by atoms with Gasteiger partial charge in [0, 0.05) is 0 Å². The largest absolute Gasteiger partial charge is 0.307 e. The van der Waals surface area contributed by atoms with Gasteiger partial charge in [-0.3, -0.25) is 20.2 Å². The van der Waals surface area contributed by atoms with Crippen LogP contribution in [0.1, 0.15) is 10.4 Å². The Hall–Kier alpha value is -3.04. The number of nitro groups is 1. The minimum Gasteiger partial charge on any atom is -0.289 e. The van der Waals surface area contributed by atoms with Crippen LogP contribution in [0, 0.1) is 21.7 Å². The van der Waals surface area contributed by atoms with Crippen molar-refractivity contribution in [1.29, 1.82) is 0 Å². The fourth-order valence-electron chi connectivity index (χ4n) is 1.32. The maximum Gasteiger partial charge on any atom is 0.307 e. The number of aromatic nitrogens is 3. The third-order valence-electron chi connectivity index (χ3n) is 2.19. The molecule has 0 aliphatic carbocycles. The minimum absolute atomic E-state index is 0.212. The molecule has 0 bridgehead atoms. The van der Waals surface area contributed by atoms with E-state index in [4.69, 9.17) is 0 Å². The first-order valence-corrected chi connectivity index (χ1v) is 5.07. The van der Waals surface area contributed by atoms with Gasteiger partial charge in [0.05, 0.1) is 28.9 Å². The fourth-order valence-corrected chi connectivity index (χ4v) is 1.32. The molecule has 0 aliphatic heterocycles. The highest BCUT2D eigenvalue weighted by Gasteiger charge is 2.22. The number of hydrogen-bond acceptors (Lipinski definition) is 6. The highest BCUT2D eigenvalue weighted by Crippen LogP contribution is 2.21. The van der Waals surface area contributed by atoms with Crippen LogP contribution >= 0.6 is 0 Å². The number of hydrogen-bond donors (Lipinski definition) is 1. The Morgan fingerprint density at radius 2 is 2.00 bits per heavy atom. The third kappa shape index (κ3) is 2.68. The second-order valence-electron chi connectivity index (χ2n) is 3.46. The summed E-state index contributed by atoms with van der Waals surface area (Å²) in [5.74, 6) is -3.83. The van der Waals surface area contributed by atoms with Crippen LogP contribution in [-0.2, 0) is 0 Å². The van der Waals surface area contributed by atoms with E-state index in [2.05, 4.69) is 20.5 Å². The molecule has 0 atom stereocenters. The van der Waals surface area contributed by atoms with E-state index < -0.39 is 33.7 Å². The second kappa shape index (κ2) is 5.30. The molecule has 1 aromatic carbocycles. The van der Waals surface area contributed by atoms with E-state index in [9.17, 15) is 23.7 Å². The zero-order valence-corrected chi connectivity index (χ0v) is 9.58. The van der Waals surface area contributed by atoms with Crippen molar-refractivity contribution in [3.8, 4) is 0 Å². The third-order valence-corrected chi connectivity index (χ3v) is 2.19. The summed E-state index contributed by atoms with van der Waals surface area (Å²) in [7, 11) is 0. The molecule has 1 N–H and O–H groups in total. The molecule has 0 fully saturated rings. The van der Waals surface area contributed by atoms with E-state index in [1.165, 1.54) is 12.4 Å². The molecular weight excluding hydrogens is 276 g/mol. The first-order chi connectivity index (χ1) is 9.49. The molecule has 1 amide bonds. The van der Waals surface area contributed by atoms with Gasteiger partial charge in [0.15, 0.2) is 0 Å². The lowest BCUT2D eigenvalue weighted by Gasteiger charge is -2.04. The van der Waals surface area contributed by atoms with Gasteiger partial charge in [-0.25, -0.2) is 9.37 Å². The Kier molecular flexibility index (Phi) is 3.55. The Morgan fingerprint density at radius 3 is 2.60 bits per heavy atom. The predicted molar refractivity (Wildman–Crippen MR) is 60.8 cm³/mol. The molecule has 0 spiro atoms. The number of anilines is 1. The van der Waals surface area contributed by atoms with Gasteiger partial charge < -0.3 is 0 Å². The van der Waals surface area contributed by atoms with Gasteiger partial charge in [0.25, 0.3) is 5.91 Å². The van der Waals surface area contributed by atoms with E-state index in [0.717, 1.165) is 0 Å². The number of halogens is 2. The summed E-state index contributed by atoms with van der Waals surface area (Å²) in [4.78, 5) is 24.6. The number of benzene rings is 1. The second-order valence-corrected chi connectivity index (χ2v) is 3.46. The van der Waals surface area contributed by atoms with Gasteiger partial charge in [-0.2, -0.15) is 9.49 Å². The summed E-state index contributed by atoms with van der Waals surface area (Å²) < 4.78 is 26.9. The lowest BCUT2D eigenvalue weighted by Crippen LogP contribution is -2.16. The molecule has 20 heavy (non-hydrogen) atoms. The van der Waals surface area contributed by atoms with E-state index >= 15 is 0 Å². The van der Waals surface area contributed by atoms with Crippen LogP contribution in [0.25, 0.3) is 0 Å². The summed E-state index contributed by atoms with van der Waals surface area (Å²) in [6.45, 7) is 0. The van der Waals surface area contributed by atoms with Crippen LogP contribution < -0.4 is 5.32 Å². The van der Waals surface area contributed by atoms with Crippen LogP contribution in [0.15, 0.2) is 24.5 Å². The Bertz CT molecular complexity index is 680. The summed E-state index contributed by atoms with van der Waals surface area (Å²) in [5, 5.41) is 19.3. The number of rotatable bonds is 3. The Morgan fingerprint density at radius 1 is 1.25 bits per heavy atom. The molecule has 10 heteroatoms. The summed E-state index contributed by atoms with van der Waals surface area (Å²) in [6, 6.07) is 0.757. The lowest BCUT2D eigenvalue weighted by atomic mass is 10.1. The van der Waals surface area contributed by atoms with Crippen LogP contribution in [0.2, 0.25) is 0 Å². The van der Waals surface area contributed by atoms with E-state index in [1.807, 2.05) is 0 Å². The average Bonchev–Trinajstić information content (AvgIpc) is 2.41. The van der Waals surface area contributed by atoms with Crippen molar-refractivity contribution in [2.75, 3.05) is 5.32 Å². The zero-order chi connectivity index (χ0) is 14.7. The first-order valence-electron chi connectivity index (χ1n) is 5.07. The standard InChI is InChI=1S/C10H5F2N5O3/c11-6-4-8(17(19)20)7(12)3-5(6)9(18)15-10-13-1-2-14-16-10/h1-4H,(H,13,15,16,18). The molecule has 0 saturated heterocycles. The van der Waals surface area contributed by atoms with Crippen molar-refractivity contribution < 1.29 is 18.5 Å². The Labute approximate surface area is 109 Å². The Balaban J connectivity index is 2.31. The van der Waals surface area contributed by atoms with Crippen LogP contribution in [-0.4, -0.2) is 26.0 Å². The highest BCUT2D eigenvalue weighted by molar-refractivity contribution is 6.03. The van der Waals surface area contributed by atoms with E-state index in [-0.39, 0.29) is 5.95 Å². The summed E-state index contributed by atoms with van der Waals surface area (Å²) in [6.07, 6.45) is 2.48. The topological polar surface area (TPSA) is 111 Å². The highest BCUT2D eigenvalue weighted by atomic mass is 19.1. The smallest absolute Gasteiger partial charge is 0.289 e. The van der Waals surface area contributed by atoms with Crippen molar-refractivity contribution in [2.45, 2.75) is 0 Å². The van der Waals surface area contributed by atoms with Crippen molar-refractivity contribution in [3.63, 3.8) is 0 Å². The van der Waals surface area contributed by atoms with E-state index in [0.29, 0.717) is 12.1 Å². The van der Waals surface area contributed by atoms with Crippen molar-refractivity contribution >= 4 is 17.5 Å². The molecule has 2 rings (SSSR count). The first kappa shape index (κ1) is 13.4. The van der Waals surface area contributed by atoms with Crippen molar-refractivity contribution in [3.05, 3.63) is 51.8 Å². The van der Waals surface area contributed by atoms with Gasteiger partial charge >= 0.3 is 5.69 Å². The SMILES string of the molecule is O=C(Nc1nccnn1)c1cc(F)c([N+](=O)[O-])cc1F. The molecule has 0 aliphatic rings. The quantitative estimate of drug-likeness (QED) is 0.670. The van der Waals surface area contributed by atoms with Gasteiger partial charge in [-0.15, -0.1) is 5.10 Å². The number of nitrogens with zero attached hydrogens (tertiary/aromatic N) is 4. The molecule has 1 heterocycles. The maximum atomic E-state index is 13.6. The van der Waals surface area contributed by atoms with E-state index in [1.54, 1.807) is 0 Å². The number of carbonyl (C=O) groups is 1. The van der Waals surface area contributed by atoms with Gasteiger partial charge in [-0.05, 0) is 6.07 Å². The monoisotopic (exact) mass is 281 g/mol. The number of nitrogens with one attached hydrogen (secondary N) is 1. The van der Waals surface area contributed by atoms with Crippen molar-refractivity contribution in [2.24, 2.45) is 0 Å². The molecule has 0 unspecified atom stereocenters. The average molecular weight is 281 g/mol. The van der Waals surface area contributed by atoms with Crippen molar-refractivity contribution in [1.82, 2.24) is 15.2 Å².